The summed E-state index contributed by atoms with van der Waals surface area (Å²) in [7, 11) is -3.97. The zero-order chi connectivity index (χ0) is 20.1. The first kappa shape index (κ1) is 20.2. The summed E-state index contributed by atoms with van der Waals surface area (Å²) >= 11 is 0. The second kappa shape index (κ2) is 8.68. The Kier molecular flexibility index (Phi) is 6.28. The van der Waals surface area contributed by atoms with Gasteiger partial charge in [-0.15, -0.1) is 0 Å². The van der Waals surface area contributed by atoms with Crippen LogP contribution in [0.1, 0.15) is 5.56 Å². The van der Waals surface area contributed by atoms with E-state index in [1.165, 1.54) is 5.56 Å². The second-order valence-corrected chi connectivity index (χ2v) is 8.13. The largest absolute Gasteiger partial charge is 0.368 e. The maximum Gasteiger partial charge on any atom is 0.262 e. The van der Waals surface area contributed by atoms with Crippen LogP contribution in [-0.4, -0.2) is 52.0 Å². The molecule has 2 aromatic rings. The molecule has 150 valence electrons. The van der Waals surface area contributed by atoms with Gasteiger partial charge in [-0.25, -0.2) is 12.8 Å². The third kappa shape index (κ3) is 4.86. The minimum absolute atomic E-state index is 0.145. The molecule has 0 saturated carbocycles. The van der Waals surface area contributed by atoms with Crippen molar-refractivity contribution in [2.45, 2.75) is 11.8 Å². The molecule has 0 spiro atoms. The molecule has 7 nitrogen and oxygen atoms in total. The number of halogens is 1. The van der Waals surface area contributed by atoms with Crippen LogP contribution in [-0.2, 0) is 19.7 Å². The smallest absolute Gasteiger partial charge is 0.262 e. The van der Waals surface area contributed by atoms with Gasteiger partial charge in [0.15, 0.2) is 0 Å². The predicted octanol–water partition coefficient (Wildman–Crippen LogP) is 1.69. The van der Waals surface area contributed by atoms with Gasteiger partial charge in [-0.05, 0) is 42.8 Å². The summed E-state index contributed by atoms with van der Waals surface area (Å²) in [5, 5.41) is 0. The van der Waals surface area contributed by atoms with Gasteiger partial charge in [0, 0.05) is 31.9 Å². The molecule has 1 fully saturated rings. The van der Waals surface area contributed by atoms with Crippen molar-refractivity contribution in [1.29, 1.82) is 0 Å². The van der Waals surface area contributed by atoms with Crippen LogP contribution >= 0.6 is 0 Å². The van der Waals surface area contributed by atoms with Crippen LogP contribution in [0.3, 0.4) is 0 Å². The van der Waals surface area contributed by atoms with Crippen molar-refractivity contribution in [3.8, 4) is 0 Å². The van der Waals surface area contributed by atoms with E-state index in [0.717, 1.165) is 30.0 Å². The first-order valence-corrected chi connectivity index (χ1v) is 10.3. The van der Waals surface area contributed by atoms with Gasteiger partial charge in [0.05, 0.1) is 4.90 Å². The summed E-state index contributed by atoms with van der Waals surface area (Å²) in [6.45, 7) is 4.08. The van der Waals surface area contributed by atoms with Crippen molar-refractivity contribution < 1.29 is 22.4 Å². The van der Waals surface area contributed by atoms with Gasteiger partial charge in [-0.2, -0.15) is 0 Å². The Morgan fingerprint density at radius 2 is 1.71 bits per heavy atom. The Bertz CT molecular complexity index is 926. The number of nitrogens with one attached hydrogen (secondary N) is 1. The van der Waals surface area contributed by atoms with Crippen molar-refractivity contribution >= 4 is 21.6 Å². The molecule has 0 aliphatic carbocycles. The molecule has 0 bridgehead atoms. The van der Waals surface area contributed by atoms with E-state index in [4.69, 9.17) is 4.84 Å². The van der Waals surface area contributed by atoms with Crippen LogP contribution in [0.4, 0.5) is 10.1 Å². The third-order valence-corrected chi connectivity index (χ3v) is 5.81. The molecule has 0 unspecified atom stereocenters. The maximum absolute atomic E-state index is 12.9. The summed E-state index contributed by atoms with van der Waals surface area (Å²) in [6.07, 6.45) is 0. The predicted molar refractivity (Wildman–Crippen MR) is 103 cm³/mol. The lowest BCUT2D eigenvalue weighted by molar-refractivity contribution is -0.137. The molecule has 2 aromatic carbocycles. The lowest BCUT2D eigenvalue weighted by Crippen LogP contribution is -2.50. The zero-order valence-electron chi connectivity index (χ0n) is 15.5. The molecule has 0 aromatic heterocycles. The maximum atomic E-state index is 12.9. The minimum Gasteiger partial charge on any atom is -0.368 e. The van der Waals surface area contributed by atoms with Crippen LogP contribution < -0.4 is 9.79 Å². The van der Waals surface area contributed by atoms with E-state index >= 15 is 0 Å². The lowest BCUT2D eigenvalue weighted by Gasteiger charge is -2.36. The van der Waals surface area contributed by atoms with Crippen molar-refractivity contribution in [2.75, 3.05) is 37.7 Å². The van der Waals surface area contributed by atoms with Crippen molar-refractivity contribution in [1.82, 2.24) is 9.79 Å². The number of aryl methyl sites for hydroxylation is 1. The summed E-state index contributed by atoms with van der Waals surface area (Å²) in [4.78, 5) is 22.8. The fraction of sp³-hybridized carbons (Fsp3) is 0.316. The Morgan fingerprint density at radius 3 is 2.36 bits per heavy atom. The number of amides is 1. The number of carbonyl (C=O) groups excluding carboxylic acids is 1. The highest BCUT2D eigenvalue weighted by molar-refractivity contribution is 7.89. The number of rotatable bonds is 6. The number of nitrogens with zero attached hydrogens (tertiary/aromatic N) is 2. The van der Waals surface area contributed by atoms with Crippen molar-refractivity contribution in [3.63, 3.8) is 0 Å². The molecule has 1 N–H and O–H groups in total. The highest BCUT2D eigenvalue weighted by Crippen LogP contribution is 2.20. The molecule has 0 atom stereocenters. The normalized spacial score (nSPS) is 14.9. The number of para-hydroxylation sites is 1. The van der Waals surface area contributed by atoms with E-state index in [-0.39, 0.29) is 10.8 Å². The van der Waals surface area contributed by atoms with Crippen molar-refractivity contribution in [3.05, 3.63) is 59.9 Å². The molecule has 0 radical (unpaired) electrons. The quantitative estimate of drug-likeness (QED) is 0.738. The topological polar surface area (TPSA) is 79.0 Å². The number of carbonyl (C=O) groups is 1. The number of hydrogen-bond acceptors (Lipinski definition) is 5. The van der Waals surface area contributed by atoms with E-state index in [2.05, 4.69) is 11.0 Å². The average Bonchev–Trinajstić information content (AvgIpc) is 2.68. The highest BCUT2D eigenvalue weighted by Gasteiger charge is 2.23. The van der Waals surface area contributed by atoms with Gasteiger partial charge in [0.1, 0.15) is 12.4 Å². The lowest BCUT2D eigenvalue weighted by atomic mass is 10.1. The Morgan fingerprint density at radius 1 is 1.07 bits per heavy atom. The number of sulfonamides is 1. The van der Waals surface area contributed by atoms with Gasteiger partial charge in [-0.3, -0.25) is 9.63 Å². The standard InChI is InChI=1S/C19H22FN3O4S/c1-15-4-2-3-5-18(15)22-10-12-23(13-11-22)19(24)14-27-21-28(25,26)17-8-6-16(20)7-9-17/h2-9,21H,10-14H2,1H3. The van der Waals surface area contributed by atoms with E-state index in [0.29, 0.717) is 26.2 Å². The highest BCUT2D eigenvalue weighted by atomic mass is 32.2. The van der Waals surface area contributed by atoms with Crippen molar-refractivity contribution in [2.24, 2.45) is 0 Å². The minimum atomic E-state index is -3.97. The molecular weight excluding hydrogens is 385 g/mol. The monoisotopic (exact) mass is 407 g/mol. The number of anilines is 1. The Hall–Kier alpha value is -2.49. The van der Waals surface area contributed by atoms with Crippen LogP contribution in [0.25, 0.3) is 0 Å². The Balaban J connectivity index is 1.47. The molecule has 1 aliphatic heterocycles. The van der Waals surface area contributed by atoms with Crippen LogP contribution in [0.5, 0.6) is 0 Å². The third-order valence-electron chi connectivity index (χ3n) is 4.58. The first-order chi connectivity index (χ1) is 13.4. The van der Waals surface area contributed by atoms with Crippen LogP contribution in [0, 0.1) is 12.7 Å². The summed E-state index contributed by atoms with van der Waals surface area (Å²) in [6, 6.07) is 12.4. The average molecular weight is 407 g/mol. The van der Waals surface area contributed by atoms with Gasteiger partial charge in [0.25, 0.3) is 15.9 Å². The number of hydrogen-bond donors (Lipinski definition) is 1. The zero-order valence-corrected chi connectivity index (χ0v) is 16.3. The molecule has 3 rings (SSSR count). The van der Waals surface area contributed by atoms with Gasteiger partial charge in [0.2, 0.25) is 0 Å². The first-order valence-electron chi connectivity index (χ1n) is 8.84. The fourth-order valence-electron chi connectivity index (χ4n) is 3.04. The number of benzene rings is 2. The summed E-state index contributed by atoms with van der Waals surface area (Å²) < 4.78 is 37.0. The van der Waals surface area contributed by atoms with Gasteiger partial charge < -0.3 is 9.80 Å². The summed E-state index contributed by atoms with van der Waals surface area (Å²) in [5.74, 6) is -0.842. The molecule has 9 heteroatoms. The molecule has 1 saturated heterocycles. The molecule has 1 heterocycles. The molecule has 28 heavy (non-hydrogen) atoms. The van der Waals surface area contributed by atoms with Gasteiger partial charge in [-0.1, -0.05) is 23.1 Å². The van der Waals surface area contributed by atoms with Gasteiger partial charge >= 0.3 is 0 Å². The molecule has 1 amide bonds. The van der Waals surface area contributed by atoms with E-state index in [9.17, 15) is 17.6 Å². The van der Waals surface area contributed by atoms with E-state index < -0.39 is 22.4 Å². The number of piperazine rings is 1. The van der Waals surface area contributed by atoms with E-state index in [1.54, 1.807) is 4.90 Å². The molecule has 1 aliphatic rings. The SMILES string of the molecule is Cc1ccccc1N1CCN(C(=O)CONS(=O)(=O)c2ccc(F)cc2)CC1. The van der Waals surface area contributed by atoms with Crippen LogP contribution in [0.15, 0.2) is 53.4 Å². The van der Waals surface area contributed by atoms with Crippen LogP contribution in [0.2, 0.25) is 0 Å². The molecular formula is C19H22FN3O4S. The fourth-order valence-corrected chi connectivity index (χ4v) is 3.84. The second-order valence-electron chi connectivity index (χ2n) is 6.48. The van der Waals surface area contributed by atoms with E-state index in [1.807, 2.05) is 30.0 Å². The summed E-state index contributed by atoms with van der Waals surface area (Å²) in [5.41, 5.74) is 2.33. The Labute approximate surface area is 163 Å².